The van der Waals surface area contributed by atoms with Gasteiger partial charge in [-0.05, 0) is 55.5 Å². The Morgan fingerprint density at radius 3 is 2.18 bits per heavy atom. The molecule has 0 unspecified atom stereocenters. The molecule has 1 aromatic heterocycles. The Hall–Kier alpha value is -3.78. The molecule has 8 heteroatoms. The van der Waals surface area contributed by atoms with Gasteiger partial charge in [0, 0.05) is 10.6 Å². The third-order valence-corrected chi connectivity index (χ3v) is 7.07. The van der Waals surface area contributed by atoms with E-state index in [1.807, 2.05) is 18.2 Å². The number of para-hydroxylation sites is 1. The summed E-state index contributed by atoms with van der Waals surface area (Å²) in [6.45, 7) is -0.408. The van der Waals surface area contributed by atoms with Gasteiger partial charge in [-0.2, -0.15) is 0 Å². The monoisotopic (exact) mass is 459 g/mol. The number of amides is 4. The summed E-state index contributed by atoms with van der Waals surface area (Å²) in [6.07, 6.45) is 3.66. The number of nitrogens with one attached hydrogen (secondary N) is 2. The summed E-state index contributed by atoms with van der Waals surface area (Å²) in [7, 11) is 0. The van der Waals surface area contributed by atoms with Gasteiger partial charge in [0.25, 0.3) is 17.7 Å². The van der Waals surface area contributed by atoms with Gasteiger partial charge in [-0.1, -0.05) is 30.3 Å². The number of carbonyl (C=O) groups excluding carboxylic acids is 4. The zero-order chi connectivity index (χ0) is 22.9. The van der Waals surface area contributed by atoms with Crippen molar-refractivity contribution in [1.82, 2.24) is 4.90 Å². The number of aryl methyl sites for hydroxylation is 1. The summed E-state index contributed by atoms with van der Waals surface area (Å²) in [5.41, 5.74) is 2.70. The number of hydrogen-bond donors (Lipinski definition) is 2. The number of hydrogen-bond acceptors (Lipinski definition) is 5. The predicted molar refractivity (Wildman–Crippen MR) is 126 cm³/mol. The van der Waals surface area contributed by atoms with E-state index in [1.165, 1.54) is 11.3 Å². The van der Waals surface area contributed by atoms with Crippen LogP contribution in [0, 0.1) is 0 Å². The van der Waals surface area contributed by atoms with E-state index in [9.17, 15) is 19.2 Å². The van der Waals surface area contributed by atoms with E-state index in [2.05, 4.69) is 10.6 Å². The third kappa shape index (κ3) is 3.93. The topological polar surface area (TPSA) is 95.6 Å². The fourth-order valence-corrected chi connectivity index (χ4v) is 5.60. The normalized spacial score (nSPS) is 14.6. The first-order valence-electron chi connectivity index (χ1n) is 10.8. The van der Waals surface area contributed by atoms with E-state index in [1.54, 1.807) is 36.4 Å². The lowest BCUT2D eigenvalue weighted by Crippen LogP contribution is -2.37. The molecule has 0 saturated heterocycles. The fourth-order valence-electron chi connectivity index (χ4n) is 4.30. The van der Waals surface area contributed by atoms with Crippen LogP contribution in [-0.2, 0) is 17.6 Å². The summed E-state index contributed by atoms with van der Waals surface area (Å²) < 4.78 is 0. The number of benzene rings is 2. The van der Waals surface area contributed by atoms with Gasteiger partial charge in [0.05, 0.1) is 16.7 Å². The first-order chi connectivity index (χ1) is 16.0. The second-order valence-electron chi connectivity index (χ2n) is 8.03. The van der Waals surface area contributed by atoms with Crippen LogP contribution in [0.5, 0.6) is 0 Å². The molecular formula is C25H21N3O4S. The second kappa shape index (κ2) is 8.63. The van der Waals surface area contributed by atoms with E-state index in [0.29, 0.717) is 27.4 Å². The molecule has 7 nitrogen and oxygen atoms in total. The lowest BCUT2D eigenvalue weighted by molar-refractivity contribution is -0.116. The number of carbonyl (C=O) groups is 4. The van der Waals surface area contributed by atoms with Gasteiger partial charge in [-0.15, -0.1) is 11.3 Å². The Bertz CT molecular complexity index is 1250. The maximum absolute atomic E-state index is 13.2. The Labute approximate surface area is 194 Å². The molecule has 0 bridgehead atoms. The zero-order valence-electron chi connectivity index (χ0n) is 17.7. The molecule has 0 fully saturated rings. The molecule has 2 N–H and O–H groups in total. The molecule has 1 aliphatic carbocycles. The summed E-state index contributed by atoms with van der Waals surface area (Å²) in [6, 6.07) is 15.7. The van der Waals surface area contributed by atoms with Gasteiger partial charge < -0.3 is 10.6 Å². The highest BCUT2D eigenvalue weighted by Gasteiger charge is 2.36. The van der Waals surface area contributed by atoms with Crippen LogP contribution < -0.4 is 10.6 Å². The molecule has 0 radical (unpaired) electrons. The van der Waals surface area contributed by atoms with Crippen LogP contribution in [0.25, 0.3) is 0 Å². The van der Waals surface area contributed by atoms with Crippen molar-refractivity contribution in [3.05, 3.63) is 81.7 Å². The highest BCUT2D eigenvalue weighted by Crippen LogP contribution is 2.38. The van der Waals surface area contributed by atoms with Crippen LogP contribution in [0.4, 0.5) is 10.7 Å². The Morgan fingerprint density at radius 2 is 1.48 bits per heavy atom. The van der Waals surface area contributed by atoms with E-state index >= 15 is 0 Å². The summed E-state index contributed by atoms with van der Waals surface area (Å²) in [5, 5.41) is 6.16. The molecule has 4 amide bonds. The molecule has 166 valence electrons. The molecule has 1 aliphatic heterocycles. The quantitative estimate of drug-likeness (QED) is 0.561. The fraction of sp³-hybridized carbons (Fsp3) is 0.200. The molecule has 0 atom stereocenters. The number of rotatable bonds is 5. The van der Waals surface area contributed by atoms with E-state index < -0.39 is 24.3 Å². The van der Waals surface area contributed by atoms with Crippen LogP contribution in [0.2, 0.25) is 0 Å². The Morgan fingerprint density at radius 1 is 0.848 bits per heavy atom. The zero-order valence-corrected chi connectivity index (χ0v) is 18.5. The smallest absolute Gasteiger partial charge is 0.262 e. The molecular weight excluding hydrogens is 438 g/mol. The maximum atomic E-state index is 13.2. The van der Waals surface area contributed by atoms with Gasteiger partial charge in [0.1, 0.15) is 11.5 Å². The molecule has 2 aliphatic rings. The van der Waals surface area contributed by atoms with Gasteiger partial charge in [-0.25, -0.2) is 0 Å². The average Bonchev–Trinajstić information content (AvgIpc) is 3.30. The van der Waals surface area contributed by atoms with Crippen molar-refractivity contribution in [2.45, 2.75) is 25.7 Å². The van der Waals surface area contributed by atoms with Gasteiger partial charge >= 0.3 is 0 Å². The Kier molecular flexibility index (Phi) is 5.51. The number of fused-ring (bicyclic) bond motifs is 2. The predicted octanol–water partition coefficient (Wildman–Crippen LogP) is 4.11. The van der Waals surface area contributed by atoms with Gasteiger partial charge in [-0.3, -0.25) is 24.1 Å². The molecule has 3 aromatic rings. The maximum Gasteiger partial charge on any atom is 0.262 e. The summed E-state index contributed by atoms with van der Waals surface area (Å²) in [5.74, 6) is -1.77. The van der Waals surface area contributed by atoms with Crippen molar-refractivity contribution in [3.8, 4) is 0 Å². The van der Waals surface area contributed by atoms with Crippen molar-refractivity contribution < 1.29 is 19.2 Å². The minimum Gasteiger partial charge on any atom is -0.322 e. The minimum atomic E-state index is -0.517. The number of imide groups is 1. The molecule has 33 heavy (non-hydrogen) atoms. The highest BCUT2D eigenvalue weighted by atomic mass is 32.1. The van der Waals surface area contributed by atoms with E-state index in [0.717, 1.165) is 41.0 Å². The van der Waals surface area contributed by atoms with Gasteiger partial charge in [0.15, 0.2) is 0 Å². The first kappa shape index (κ1) is 21.1. The Balaban J connectivity index is 1.38. The molecule has 2 aromatic carbocycles. The largest absolute Gasteiger partial charge is 0.322 e. The number of anilines is 2. The van der Waals surface area contributed by atoms with Crippen LogP contribution in [0.15, 0.2) is 54.6 Å². The number of nitrogens with zero attached hydrogens (tertiary/aromatic N) is 1. The number of thiophene rings is 1. The molecule has 5 rings (SSSR count). The van der Waals surface area contributed by atoms with Crippen LogP contribution in [-0.4, -0.2) is 35.1 Å². The second-order valence-corrected chi connectivity index (χ2v) is 9.13. The van der Waals surface area contributed by atoms with Crippen molar-refractivity contribution >= 4 is 45.7 Å². The first-order valence-corrected chi connectivity index (χ1v) is 11.6. The van der Waals surface area contributed by atoms with E-state index in [4.69, 9.17) is 0 Å². The van der Waals surface area contributed by atoms with Crippen LogP contribution in [0.1, 0.15) is 54.4 Å². The van der Waals surface area contributed by atoms with E-state index in [-0.39, 0.29) is 5.91 Å². The summed E-state index contributed by atoms with van der Waals surface area (Å²) in [4.78, 5) is 53.3. The lowest BCUT2D eigenvalue weighted by Gasteiger charge is -2.15. The van der Waals surface area contributed by atoms with Crippen molar-refractivity contribution in [3.63, 3.8) is 0 Å². The van der Waals surface area contributed by atoms with Crippen molar-refractivity contribution in [2.75, 3.05) is 17.2 Å². The SMILES string of the molecule is O=C(CN1C(=O)c2ccccc2C1=O)Nc1sc2c(c1C(=O)Nc1ccccc1)CCCC2. The molecule has 0 saturated carbocycles. The lowest BCUT2D eigenvalue weighted by atomic mass is 9.95. The van der Waals surface area contributed by atoms with Crippen LogP contribution in [0.3, 0.4) is 0 Å². The standard InChI is InChI=1S/C25H21N3O4S/c29-20(14-28-24(31)16-10-4-5-11-17(16)25(28)32)27-23-21(18-12-6-7-13-19(18)33-23)22(30)26-15-8-2-1-3-9-15/h1-5,8-11H,6-7,12-14H2,(H,26,30)(H,27,29). The summed E-state index contributed by atoms with van der Waals surface area (Å²) >= 11 is 1.39. The molecule has 0 spiro atoms. The van der Waals surface area contributed by atoms with Crippen LogP contribution >= 0.6 is 11.3 Å². The van der Waals surface area contributed by atoms with Crippen molar-refractivity contribution in [1.29, 1.82) is 0 Å². The molecule has 2 heterocycles. The average molecular weight is 460 g/mol. The third-order valence-electron chi connectivity index (χ3n) is 5.86. The minimum absolute atomic E-state index is 0.281. The highest BCUT2D eigenvalue weighted by molar-refractivity contribution is 7.17. The van der Waals surface area contributed by atoms with Gasteiger partial charge in [0.2, 0.25) is 5.91 Å². The van der Waals surface area contributed by atoms with Crippen molar-refractivity contribution in [2.24, 2.45) is 0 Å².